The Morgan fingerprint density at radius 1 is 1.11 bits per heavy atom. The number of phenolic OH excluding ortho intramolecular Hbond substituents is 1. The molecule has 0 unspecified atom stereocenters. The van der Waals surface area contributed by atoms with E-state index >= 15 is 0 Å². The third kappa shape index (κ3) is 10.9. The summed E-state index contributed by atoms with van der Waals surface area (Å²) in [6, 6.07) is 13.5. The van der Waals surface area contributed by atoms with E-state index in [4.69, 9.17) is 14.2 Å². The van der Waals surface area contributed by atoms with Gasteiger partial charge >= 0.3 is 0 Å². The van der Waals surface area contributed by atoms with E-state index < -0.39 is 6.10 Å². The summed E-state index contributed by atoms with van der Waals surface area (Å²) in [7, 11) is 1.74. The number of phenols is 1. The van der Waals surface area contributed by atoms with Gasteiger partial charge in [-0.25, -0.2) is 0 Å². The molecule has 4 aliphatic rings. The molecule has 0 radical (unpaired) electrons. The van der Waals surface area contributed by atoms with Crippen LogP contribution in [0.3, 0.4) is 0 Å². The van der Waals surface area contributed by atoms with Crippen molar-refractivity contribution in [3.63, 3.8) is 0 Å². The number of amides is 3. The van der Waals surface area contributed by atoms with Crippen molar-refractivity contribution in [2.24, 2.45) is 5.92 Å². The number of aromatic hydroxyl groups is 1. The van der Waals surface area contributed by atoms with Gasteiger partial charge in [-0.3, -0.25) is 19.1 Å². The molecule has 3 amide bonds. The van der Waals surface area contributed by atoms with Crippen LogP contribution in [0, 0.1) is 5.92 Å². The number of carbonyl (C=O) groups excluding carboxylic acids is 3. The summed E-state index contributed by atoms with van der Waals surface area (Å²) in [6.45, 7) is 7.38. The Kier molecular flexibility index (Phi) is 13.4. The van der Waals surface area contributed by atoms with Gasteiger partial charge in [0.05, 0.1) is 44.5 Å². The van der Waals surface area contributed by atoms with E-state index in [1.54, 1.807) is 18.0 Å². The number of anilines is 1. The summed E-state index contributed by atoms with van der Waals surface area (Å²) < 4.78 is 19.6. The molecule has 2 aromatic carbocycles. The Balaban J connectivity index is 0.748. The first-order valence-corrected chi connectivity index (χ1v) is 20.4. The van der Waals surface area contributed by atoms with Gasteiger partial charge in [0.25, 0.3) is 11.8 Å². The maximum Gasteiger partial charge on any atom is 0.274 e. The first-order chi connectivity index (χ1) is 27.6. The summed E-state index contributed by atoms with van der Waals surface area (Å²) in [5.74, 6) is 0.467. The van der Waals surface area contributed by atoms with Crippen molar-refractivity contribution >= 4 is 23.4 Å². The van der Waals surface area contributed by atoms with Crippen LogP contribution in [0.4, 0.5) is 5.69 Å². The fourth-order valence-electron chi connectivity index (χ4n) is 7.84. The van der Waals surface area contributed by atoms with Crippen molar-refractivity contribution in [2.75, 3.05) is 91.2 Å². The van der Waals surface area contributed by atoms with Crippen molar-refractivity contribution < 1.29 is 38.8 Å². The number of ether oxygens (including phenoxy) is 3. The van der Waals surface area contributed by atoms with Crippen LogP contribution in [0.25, 0.3) is 0 Å². The molecule has 3 aliphatic heterocycles. The molecule has 3 aromatic rings. The lowest BCUT2D eigenvalue weighted by Crippen LogP contribution is -2.58. The molecule has 15 heteroatoms. The highest BCUT2D eigenvalue weighted by molar-refractivity contribution is 5.97. The average Bonchev–Trinajstić information content (AvgIpc) is 3.92. The number of aliphatic hydroxyl groups is 1. The summed E-state index contributed by atoms with van der Waals surface area (Å²) in [5, 5.41) is 31.0. The van der Waals surface area contributed by atoms with E-state index in [2.05, 4.69) is 44.9 Å². The Bertz CT molecular complexity index is 1860. The van der Waals surface area contributed by atoms with Gasteiger partial charge in [-0.2, -0.15) is 5.10 Å². The SMILES string of the molecule is CN(CCNC[C@H](O)c1ccc(O)c2c1OCC(=O)N2)C(=O)CCOCCc1cccc(CCN2CCC3(CC2)CN(C(=O)c2ccn(CC4CC4)n2)CCO3)c1. The number of carbonyl (C=O) groups is 3. The molecule has 1 saturated carbocycles. The zero-order chi connectivity index (χ0) is 39.8. The van der Waals surface area contributed by atoms with Crippen LogP contribution in [0.5, 0.6) is 11.5 Å². The topological polar surface area (TPSA) is 171 Å². The second-order valence-electron chi connectivity index (χ2n) is 15.9. The van der Waals surface area contributed by atoms with Crippen molar-refractivity contribution in [1.29, 1.82) is 0 Å². The molecular weight excluding hydrogens is 731 g/mol. The van der Waals surface area contributed by atoms with Gasteiger partial charge in [0.15, 0.2) is 12.4 Å². The fourth-order valence-corrected chi connectivity index (χ4v) is 7.84. The zero-order valence-corrected chi connectivity index (χ0v) is 33.0. The third-order valence-corrected chi connectivity index (χ3v) is 11.5. The molecule has 2 saturated heterocycles. The van der Waals surface area contributed by atoms with Crippen molar-refractivity contribution in [1.82, 2.24) is 29.8 Å². The molecule has 15 nitrogen and oxygen atoms in total. The lowest BCUT2D eigenvalue weighted by Gasteiger charge is -2.47. The number of likely N-dealkylation sites (N-methyl/N-ethyl adjacent to an activating group) is 1. The highest BCUT2D eigenvalue weighted by Crippen LogP contribution is 2.41. The lowest BCUT2D eigenvalue weighted by molar-refractivity contribution is -0.131. The number of fused-ring (bicyclic) bond motifs is 1. The highest BCUT2D eigenvalue weighted by Gasteiger charge is 2.41. The number of morpholine rings is 1. The molecule has 4 heterocycles. The molecule has 308 valence electrons. The molecule has 1 aliphatic carbocycles. The first-order valence-electron chi connectivity index (χ1n) is 20.4. The minimum Gasteiger partial charge on any atom is -0.506 e. The van der Waals surface area contributed by atoms with Crippen LogP contribution in [-0.2, 0) is 38.4 Å². The lowest BCUT2D eigenvalue weighted by atomic mass is 9.89. The number of rotatable bonds is 18. The maximum atomic E-state index is 13.3. The Morgan fingerprint density at radius 3 is 2.72 bits per heavy atom. The van der Waals surface area contributed by atoms with E-state index in [-0.39, 0.29) is 60.1 Å². The van der Waals surface area contributed by atoms with E-state index in [9.17, 15) is 24.6 Å². The Morgan fingerprint density at radius 2 is 1.91 bits per heavy atom. The quantitative estimate of drug-likeness (QED) is 0.110. The molecule has 3 fully saturated rings. The monoisotopic (exact) mass is 787 g/mol. The zero-order valence-electron chi connectivity index (χ0n) is 33.0. The van der Waals surface area contributed by atoms with E-state index in [0.29, 0.717) is 63.2 Å². The predicted molar refractivity (Wildman–Crippen MR) is 212 cm³/mol. The number of nitrogens with one attached hydrogen (secondary N) is 2. The van der Waals surface area contributed by atoms with Gasteiger partial charge in [-0.05, 0) is 73.8 Å². The van der Waals surface area contributed by atoms with Gasteiger partial charge in [0.2, 0.25) is 5.91 Å². The van der Waals surface area contributed by atoms with Crippen molar-refractivity contribution in [3.05, 3.63) is 71.0 Å². The number of hydrogen-bond acceptors (Lipinski definition) is 11. The summed E-state index contributed by atoms with van der Waals surface area (Å²) in [4.78, 5) is 43.7. The first kappa shape index (κ1) is 40.6. The standard InChI is InChI=1S/C42H57N7O8/c1-46(20-15-43-26-36(51)33-7-8-35(50)39-40(33)56-28-37(52)44-39)38(53)12-23-55-22-11-31-4-2-3-30(25-31)9-16-47-18-13-42(14-19-47)29-48(21-24-57-42)41(54)34-10-17-49(45-34)27-32-5-6-32/h2-4,7-8,10,17,25,32,36,43,50-51H,5-6,9,11-16,18-24,26-29H2,1H3,(H,44,52)/t36-/m0/s1. The fraction of sp³-hybridized carbons (Fsp3) is 0.571. The molecule has 7 rings (SSSR count). The number of piperidine rings is 1. The minimum absolute atomic E-state index is 0.0127. The number of aliphatic hydroxyl groups excluding tert-OH is 1. The summed E-state index contributed by atoms with van der Waals surface area (Å²) in [5.41, 5.74) is 3.38. The number of nitrogens with zero attached hydrogens (tertiary/aromatic N) is 5. The molecule has 1 aromatic heterocycles. The van der Waals surface area contributed by atoms with Crippen molar-refractivity contribution in [3.8, 4) is 11.5 Å². The smallest absolute Gasteiger partial charge is 0.274 e. The van der Waals surface area contributed by atoms with Gasteiger partial charge in [-0.1, -0.05) is 24.3 Å². The maximum absolute atomic E-state index is 13.3. The van der Waals surface area contributed by atoms with Crippen LogP contribution in [-0.4, -0.2) is 144 Å². The Hall–Kier alpha value is -4.54. The van der Waals surface area contributed by atoms with E-state index in [0.717, 1.165) is 51.9 Å². The molecule has 57 heavy (non-hydrogen) atoms. The predicted octanol–water partition coefficient (Wildman–Crippen LogP) is 2.61. The van der Waals surface area contributed by atoms with Crippen LogP contribution >= 0.6 is 0 Å². The molecule has 4 N–H and O–H groups in total. The second kappa shape index (κ2) is 18.8. The third-order valence-electron chi connectivity index (χ3n) is 11.5. The number of benzene rings is 2. The second-order valence-corrected chi connectivity index (χ2v) is 15.9. The summed E-state index contributed by atoms with van der Waals surface area (Å²) in [6.07, 6.45) is 7.34. The van der Waals surface area contributed by atoms with Crippen LogP contribution in [0.1, 0.15) is 65.4 Å². The normalized spacial score (nSPS) is 18.5. The summed E-state index contributed by atoms with van der Waals surface area (Å²) >= 11 is 0. The molecule has 0 bridgehead atoms. The minimum atomic E-state index is -0.935. The van der Waals surface area contributed by atoms with Gasteiger partial charge in [-0.15, -0.1) is 0 Å². The van der Waals surface area contributed by atoms with Gasteiger partial charge in [0.1, 0.15) is 17.1 Å². The van der Waals surface area contributed by atoms with Gasteiger partial charge in [0, 0.05) is 71.2 Å². The number of aromatic nitrogens is 2. The highest BCUT2D eigenvalue weighted by atomic mass is 16.5. The van der Waals surface area contributed by atoms with Crippen LogP contribution in [0.2, 0.25) is 0 Å². The van der Waals surface area contributed by atoms with E-state index in [1.165, 1.54) is 30.0 Å². The Labute approximate surface area is 334 Å². The largest absolute Gasteiger partial charge is 0.506 e. The number of hydrogen-bond donors (Lipinski definition) is 4. The molecule has 1 atom stereocenters. The molecular formula is C42H57N7O8. The van der Waals surface area contributed by atoms with Crippen LogP contribution < -0.4 is 15.4 Å². The average molecular weight is 788 g/mol. The van der Waals surface area contributed by atoms with E-state index in [1.807, 2.05) is 21.8 Å². The molecule has 1 spiro atoms. The van der Waals surface area contributed by atoms with Gasteiger partial charge < -0.3 is 49.8 Å². The number of likely N-dealkylation sites (tertiary alicyclic amines) is 1. The van der Waals surface area contributed by atoms with Crippen LogP contribution in [0.15, 0.2) is 48.7 Å². The van der Waals surface area contributed by atoms with Crippen molar-refractivity contribution in [2.45, 2.75) is 63.2 Å².